The zero-order valence-corrected chi connectivity index (χ0v) is 15.0. The summed E-state index contributed by atoms with van der Waals surface area (Å²) in [6.45, 7) is 4.24. The second kappa shape index (κ2) is 5.39. The number of rotatable bonds is 1. The van der Waals surface area contributed by atoms with E-state index in [0.29, 0.717) is 37.4 Å². The van der Waals surface area contributed by atoms with Crippen LogP contribution in [0.1, 0.15) is 58.8 Å². The standard InChI is InChI=1S/C21H26O4/c1-20-8-7-13(23)9-12(20)3-4-14-15-5-6-16(18(25)11-22)21(15,2)10-17(24)19(14)20/h9,11,14-15,19,25H,3-8,10H2,1-2H3/b18-16-/t14-,15-,19+,20-,21-/m0/s1. The summed E-state index contributed by atoms with van der Waals surface area (Å²) in [5.74, 6) is 0.894. The lowest BCUT2D eigenvalue weighted by Gasteiger charge is -2.56. The Morgan fingerprint density at radius 3 is 2.64 bits per heavy atom. The molecule has 0 aromatic carbocycles. The molecule has 4 nitrogen and oxygen atoms in total. The van der Waals surface area contributed by atoms with Crippen LogP contribution in [0.2, 0.25) is 0 Å². The molecule has 1 N–H and O–H groups in total. The molecule has 0 aromatic heterocycles. The lowest BCUT2D eigenvalue weighted by atomic mass is 9.47. The predicted octanol–water partition coefficient (Wildman–Crippen LogP) is 3.71. The van der Waals surface area contributed by atoms with Crippen molar-refractivity contribution in [3.05, 3.63) is 23.0 Å². The smallest absolute Gasteiger partial charge is 0.184 e. The molecule has 25 heavy (non-hydrogen) atoms. The number of carbonyl (C=O) groups excluding carboxylic acids is 3. The van der Waals surface area contributed by atoms with Gasteiger partial charge in [-0.1, -0.05) is 19.4 Å². The molecule has 3 saturated carbocycles. The first kappa shape index (κ1) is 16.7. The minimum Gasteiger partial charge on any atom is -0.505 e. The maximum atomic E-state index is 13.3. The van der Waals surface area contributed by atoms with Crippen LogP contribution < -0.4 is 0 Å². The van der Waals surface area contributed by atoms with Gasteiger partial charge in [0, 0.05) is 24.2 Å². The Kier molecular flexibility index (Phi) is 3.61. The van der Waals surface area contributed by atoms with Gasteiger partial charge in [0.15, 0.2) is 17.8 Å². The number of aliphatic hydroxyl groups is 1. The number of allylic oxidation sites excluding steroid dienone is 3. The molecule has 0 radical (unpaired) electrons. The van der Waals surface area contributed by atoms with Crippen LogP contribution in [-0.4, -0.2) is 23.0 Å². The van der Waals surface area contributed by atoms with Gasteiger partial charge in [-0.15, -0.1) is 0 Å². The molecule has 0 saturated heterocycles. The third-order valence-electron chi connectivity index (χ3n) is 7.86. The number of carbonyl (C=O) groups is 3. The Balaban J connectivity index is 1.77. The number of Topliss-reactive ketones (excluding diaryl/α,β-unsaturated/α-hetero) is 1. The molecular weight excluding hydrogens is 316 g/mol. The first-order chi connectivity index (χ1) is 11.8. The van der Waals surface area contributed by atoms with Crippen LogP contribution in [0, 0.1) is 28.6 Å². The highest BCUT2D eigenvalue weighted by Crippen LogP contribution is 2.65. The summed E-state index contributed by atoms with van der Waals surface area (Å²) in [5.41, 5.74) is 1.38. The molecule has 4 aliphatic carbocycles. The van der Waals surface area contributed by atoms with Crippen molar-refractivity contribution in [1.29, 1.82) is 0 Å². The van der Waals surface area contributed by atoms with Crippen LogP contribution >= 0.6 is 0 Å². The summed E-state index contributed by atoms with van der Waals surface area (Å²) in [7, 11) is 0. The van der Waals surface area contributed by atoms with Gasteiger partial charge in [0.25, 0.3) is 0 Å². The molecule has 0 aliphatic heterocycles. The van der Waals surface area contributed by atoms with Crippen LogP contribution in [0.4, 0.5) is 0 Å². The molecule has 134 valence electrons. The Morgan fingerprint density at radius 2 is 1.92 bits per heavy atom. The monoisotopic (exact) mass is 342 g/mol. The van der Waals surface area contributed by atoms with Crippen molar-refractivity contribution >= 4 is 17.9 Å². The molecule has 0 bridgehead atoms. The summed E-state index contributed by atoms with van der Waals surface area (Å²) < 4.78 is 0. The van der Waals surface area contributed by atoms with Gasteiger partial charge in [-0.2, -0.15) is 0 Å². The number of ketones is 2. The Labute approximate surface area is 148 Å². The molecule has 4 heteroatoms. The van der Waals surface area contributed by atoms with E-state index in [1.165, 1.54) is 5.57 Å². The first-order valence-electron chi connectivity index (χ1n) is 9.45. The molecule has 0 spiro atoms. The minimum atomic E-state index is -0.384. The molecule has 3 fully saturated rings. The first-order valence-corrected chi connectivity index (χ1v) is 9.45. The Bertz CT molecular complexity index is 730. The van der Waals surface area contributed by atoms with Gasteiger partial charge in [0.2, 0.25) is 0 Å². The molecule has 0 aromatic rings. The normalized spacial score (nSPS) is 45.2. The average molecular weight is 342 g/mol. The van der Waals surface area contributed by atoms with Gasteiger partial charge in [0.1, 0.15) is 5.78 Å². The molecule has 0 heterocycles. The van der Waals surface area contributed by atoms with E-state index < -0.39 is 0 Å². The molecule has 5 atom stereocenters. The number of hydrogen-bond acceptors (Lipinski definition) is 4. The van der Waals surface area contributed by atoms with Crippen LogP contribution in [0.5, 0.6) is 0 Å². The number of fused-ring (bicyclic) bond motifs is 5. The van der Waals surface area contributed by atoms with Crippen molar-refractivity contribution < 1.29 is 19.5 Å². The summed E-state index contributed by atoms with van der Waals surface area (Å²) in [6, 6.07) is 0. The van der Waals surface area contributed by atoms with E-state index in [4.69, 9.17) is 0 Å². The summed E-state index contributed by atoms with van der Waals surface area (Å²) in [4.78, 5) is 36.2. The van der Waals surface area contributed by atoms with Gasteiger partial charge < -0.3 is 5.11 Å². The fourth-order valence-corrected chi connectivity index (χ4v) is 6.69. The van der Waals surface area contributed by atoms with Crippen molar-refractivity contribution in [2.24, 2.45) is 28.6 Å². The Hall–Kier alpha value is -1.71. The van der Waals surface area contributed by atoms with Crippen LogP contribution in [0.3, 0.4) is 0 Å². The van der Waals surface area contributed by atoms with E-state index in [1.807, 2.05) is 0 Å². The van der Waals surface area contributed by atoms with Crippen molar-refractivity contribution in [2.45, 2.75) is 58.8 Å². The zero-order chi connectivity index (χ0) is 18.0. The zero-order valence-electron chi connectivity index (χ0n) is 15.0. The summed E-state index contributed by atoms with van der Waals surface area (Å²) >= 11 is 0. The Morgan fingerprint density at radius 1 is 1.16 bits per heavy atom. The van der Waals surface area contributed by atoms with Crippen molar-refractivity contribution in [3.8, 4) is 0 Å². The van der Waals surface area contributed by atoms with Crippen LogP contribution in [0.15, 0.2) is 23.0 Å². The highest BCUT2D eigenvalue weighted by molar-refractivity contribution is 5.93. The molecule has 4 rings (SSSR count). The van der Waals surface area contributed by atoms with Gasteiger partial charge in [-0.3, -0.25) is 14.4 Å². The van der Waals surface area contributed by atoms with E-state index in [-0.39, 0.29) is 34.1 Å². The molecule has 4 aliphatic rings. The largest absolute Gasteiger partial charge is 0.505 e. The maximum Gasteiger partial charge on any atom is 0.184 e. The fourth-order valence-electron chi connectivity index (χ4n) is 6.69. The third kappa shape index (κ3) is 2.15. The highest BCUT2D eigenvalue weighted by atomic mass is 16.3. The van der Waals surface area contributed by atoms with Crippen LogP contribution in [-0.2, 0) is 14.4 Å². The van der Waals surface area contributed by atoms with Gasteiger partial charge in [-0.05, 0) is 61.0 Å². The summed E-state index contributed by atoms with van der Waals surface area (Å²) in [5, 5.41) is 10.1. The molecule has 0 amide bonds. The maximum absolute atomic E-state index is 13.3. The number of aldehydes is 1. The highest BCUT2D eigenvalue weighted by Gasteiger charge is 2.61. The minimum absolute atomic E-state index is 0.0172. The van der Waals surface area contributed by atoms with E-state index in [1.54, 1.807) is 6.08 Å². The second-order valence-electron chi connectivity index (χ2n) is 8.92. The van der Waals surface area contributed by atoms with Crippen LogP contribution in [0.25, 0.3) is 0 Å². The van der Waals surface area contributed by atoms with E-state index >= 15 is 0 Å². The van der Waals surface area contributed by atoms with Crippen molar-refractivity contribution in [3.63, 3.8) is 0 Å². The number of aliphatic hydroxyl groups excluding tert-OH is 1. The van der Waals surface area contributed by atoms with E-state index in [9.17, 15) is 19.5 Å². The lowest BCUT2D eigenvalue weighted by molar-refractivity contribution is -0.142. The number of hydrogen-bond donors (Lipinski definition) is 1. The summed E-state index contributed by atoms with van der Waals surface area (Å²) in [6.07, 6.45) is 7.51. The third-order valence-corrected chi connectivity index (χ3v) is 7.86. The van der Waals surface area contributed by atoms with E-state index in [0.717, 1.165) is 31.3 Å². The predicted molar refractivity (Wildman–Crippen MR) is 92.8 cm³/mol. The van der Waals surface area contributed by atoms with Gasteiger partial charge >= 0.3 is 0 Å². The van der Waals surface area contributed by atoms with Crippen molar-refractivity contribution in [2.75, 3.05) is 0 Å². The molecular formula is C21H26O4. The fraction of sp³-hybridized carbons (Fsp3) is 0.667. The quantitative estimate of drug-likeness (QED) is 0.448. The SMILES string of the molecule is C[C@]12CCC(=O)C=C1CC[C@@H]1[C@@H]2C(=O)C[C@]2(C)/C(=C(\O)C=O)CC[C@@H]12. The lowest BCUT2D eigenvalue weighted by Crippen LogP contribution is -2.54. The second-order valence-corrected chi connectivity index (χ2v) is 8.92. The van der Waals surface area contributed by atoms with E-state index in [2.05, 4.69) is 13.8 Å². The van der Waals surface area contributed by atoms with Crippen molar-refractivity contribution in [1.82, 2.24) is 0 Å². The average Bonchev–Trinajstić information content (AvgIpc) is 2.91. The van der Waals surface area contributed by atoms with Gasteiger partial charge in [0.05, 0.1) is 0 Å². The topological polar surface area (TPSA) is 71.4 Å². The van der Waals surface area contributed by atoms with Gasteiger partial charge in [-0.25, -0.2) is 0 Å². The molecule has 0 unspecified atom stereocenters.